The fourth-order valence-electron chi connectivity index (χ4n) is 2.15. The fraction of sp³-hybridized carbons (Fsp3) is 0.368. The number of nitrogens with zero attached hydrogens (tertiary/aromatic N) is 2. The van der Waals surface area contributed by atoms with E-state index < -0.39 is 0 Å². The van der Waals surface area contributed by atoms with Crippen LogP contribution in [0.2, 0.25) is 0 Å². The lowest BCUT2D eigenvalue weighted by Gasteiger charge is -2.11. The third-order valence-electron chi connectivity index (χ3n) is 3.42. The molecule has 0 radical (unpaired) electrons. The lowest BCUT2D eigenvalue weighted by atomic mass is 10.1. The van der Waals surface area contributed by atoms with Crippen molar-refractivity contribution in [3.05, 3.63) is 65.5 Å². The number of aliphatic imine (C=N–C) groups is 1. The first-order valence-electron chi connectivity index (χ1n) is 8.39. The largest absolute Gasteiger partial charge is 0.377 e. The van der Waals surface area contributed by atoms with E-state index in [1.165, 1.54) is 11.1 Å². The summed E-state index contributed by atoms with van der Waals surface area (Å²) in [6.07, 6.45) is 1.80. The van der Waals surface area contributed by atoms with Crippen LogP contribution in [0.1, 0.15) is 30.7 Å². The third kappa shape index (κ3) is 6.38. The van der Waals surface area contributed by atoms with Crippen molar-refractivity contribution in [3.63, 3.8) is 0 Å². The smallest absolute Gasteiger partial charge is 0.191 e. The van der Waals surface area contributed by atoms with Crippen LogP contribution in [0.3, 0.4) is 0 Å². The first-order valence-corrected chi connectivity index (χ1v) is 8.39. The Labute approximate surface area is 144 Å². The number of benzene rings is 1. The second kappa shape index (κ2) is 10.4. The highest BCUT2D eigenvalue weighted by molar-refractivity contribution is 5.79. The van der Waals surface area contributed by atoms with Crippen LogP contribution in [0.5, 0.6) is 0 Å². The summed E-state index contributed by atoms with van der Waals surface area (Å²) in [6, 6.07) is 14.3. The molecular formula is C19H26N4O. The monoisotopic (exact) mass is 326 g/mol. The van der Waals surface area contributed by atoms with Crippen molar-refractivity contribution in [1.82, 2.24) is 15.6 Å². The molecule has 0 unspecified atom stereocenters. The van der Waals surface area contributed by atoms with Crippen LogP contribution >= 0.6 is 0 Å². The van der Waals surface area contributed by atoms with Crippen molar-refractivity contribution < 1.29 is 4.74 Å². The average molecular weight is 326 g/mol. The van der Waals surface area contributed by atoms with E-state index in [0.29, 0.717) is 19.7 Å². The molecule has 0 saturated heterocycles. The van der Waals surface area contributed by atoms with Gasteiger partial charge in [0.25, 0.3) is 0 Å². The van der Waals surface area contributed by atoms with Gasteiger partial charge in [0.2, 0.25) is 0 Å². The Morgan fingerprint density at radius 2 is 1.83 bits per heavy atom. The van der Waals surface area contributed by atoms with Gasteiger partial charge in [0.1, 0.15) is 0 Å². The van der Waals surface area contributed by atoms with Crippen LogP contribution in [0.25, 0.3) is 0 Å². The zero-order chi connectivity index (χ0) is 17.0. The van der Waals surface area contributed by atoms with E-state index in [0.717, 1.165) is 24.8 Å². The lowest BCUT2D eigenvalue weighted by molar-refractivity contribution is 0.134. The molecule has 0 fully saturated rings. The van der Waals surface area contributed by atoms with Gasteiger partial charge in [0.15, 0.2) is 5.96 Å². The van der Waals surface area contributed by atoms with Crippen LogP contribution in [-0.4, -0.2) is 24.1 Å². The summed E-state index contributed by atoms with van der Waals surface area (Å²) in [4.78, 5) is 8.93. The number of hydrogen-bond acceptors (Lipinski definition) is 3. The second-order valence-electron chi connectivity index (χ2n) is 5.32. The number of hydrogen-bond donors (Lipinski definition) is 2. The van der Waals surface area contributed by atoms with Gasteiger partial charge in [-0.25, -0.2) is 4.99 Å². The van der Waals surface area contributed by atoms with Gasteiger partial charge in [-0.3, -0.25) is 4.98 Å². The number of nitrogens with one attached hydrogen (secondary N) is 2. The summed E-state index contributed by atoms with van der Waals surface area (Å²) >= 11 is 0. The van der Waals surface area contributed by atoms with Crippen molar-refractivity contribution >= 4 is 5.96 Å². The molecule has 0 amide bonds. The Bertz CT molecular complexity index is 611. The molecule has 24 heavy (non-hydrogen) atoms. The first kappa shape index (κ1) is 17.9. The number of rotatable bonds is 8. The van der Waals surface area contributed by atoms with Crippen LogP contribution in [0, 0.1) is 0 Å². The van der Waals surface area contributed by atoms with Crippen molar-refractivity contribution in [1.29, 1.82) is 0 Å². The Kier molecular flexibility index (Phi) is 7.77. The zero-order valence-electron chi connectivity index (χ0n) is 14.5. The highest BCUT2D eigenvalue weighted by Crippen LogP contribution is 2.07. The second-order valence-corrected chi connectivity index (χ2v) is 5.32. The van der Waals surface area contributed by atoms with Crippen molar-refractivity contribution in [3.8, 4) is 0 Å². The van der Waals surface area contributed by atoms with Crippen LogP contribution < -0.4 is 10.6 Å². The predicted molar refractivity (Wildman–Crippen MR) is 97.7 cm³/mol. The molecule has 2 N–H and O–H groups in total. The van der Waals surface area contributed by atoms with Crippen LogP contribution in [0.4, 0.5) is 0 Å². The minimum atomic E-state index is 0.631. The number of ether oxygens (including phenoxy) is 1. The minimum absolute atomic E-state index is 0.631. The van der Waals surface area contributed by atoms with E-state index in [1.807, 2.05) is 25.1 Å². The molecule has 0 aliphatic heterocycles. The summed E-state index contributed by atoms with van der Waals surface area (Å²) in [6.45, 7) is 7.56. The van der Waals surface area contributed by atoms with Gasteiger partial charge in [-0.15, -0.1) is 0 Å². The highest BCUT2D eigenvalue weighted by Gasteiger charge is 2.00. The number of aromatic nitrogens is 1. The van der Waals surface area contributed by atoms with E-state index in [9.17, 15) is 0 Å². The molecule has 1 heterocycles. The molecule has 5 nitrogen and oxygen atoms in total. The zero-order valence-corrected chi connectivity index (χ0v) is 14.5. The maximum atomic E-state index is 5.41. The third-order valence-corrected chi connectivity index (χ3v) is 3.42. The van der Waals surface area contributed by atoms with Gasteiger partial charge >= 0.3 is 0 Å². The normalized spacial score (nSPS) is 11.3. The molecule has 1 aromatic carbocycles. The molecule has 2 rings (SSSR count). The van der Waals surface area contributed by atoms with Crippen LogP contribution in [-0.2, 0) is 24.4 Å². The average Bonchev–Trinajstić information content (AvgIpc) is 2.64. The molecule has 0 aliphatic carbocycles. The molecule has 5 heteroatoms. The van der Waals surface area contributed by atoms with Gasteiger partial charge in [-0.1, -0.05) is 30.3 Å². The van der Waals surface area contributed by atoms with Crippen molar-refractivity contribution in [2.75, 3.05) is 13.2 Å². The van der Waals surface area contributed by atoms with E-state index in [-0.39, 0.29) is 0 Å². The van der Waals surface area contributed by atoms with E-state index in [2.05, 4.69) is 51.8 Å². The van der Waals surface area contributed by atoms with E-state index in [4.69, 9.17) is 4.74 Å². The lowest BCUT2D eigenvalue weighted by Crippen LogP contribution is -2.36. The molecular weight excluding hydrogens is 300 g/mol. The van der Waals surface area contributed by atoms with Gasteiger partial charge in [-0.05, 0) is 37.1 Å². The first-order chi connectivity index (χ1) is 11.8. The molecule has 128 valence electrons. The molecule has 0 saturated carbocycles. The summed E-state index contributed by atoms with van der Waals surface area (Å²) in [5, 5.41) is 6.56. The van der Waals surface area contributed by atoms with Crippen molar-refractivity contribution in [2.45, 2.75) is 33.5 Å². The van der Waals surface area contributed by atoms with Crippen molar-refractivity contribution in [2.24, 2.45) is 4.99 Å². The Hall–Kier alpha value is -2.40. The quantitative estimate of drug-likeness (QED) is 0.578. The fourth-order valence-corrected chi connectivity index (χ4v) is 2.15. The molecule has 2 aromatic rings. The molecule has 0 spiro atoms. The van der Waals surface area contributed by atoms with Gasteiger partial charge in [-0.2, -0.15) is 0 Å². The summed E-state index contributed by atoms with van der Waals surface area (Å²) in [7, 11) is 0. The number of guanidine groups is 1. The standard InChI is InChI=1S/C19H26N4O/c1-3-20-19(23-14-18-7-5-6-12-21-18)22-13-16-8-10-17(11-9-16)15-24-4-2/h5-12H,3-4,13-15H2,1-2H3,(H2,20,22,23). The SMILES string of the molecule is CCNC(=NCc1ccc(COCC)cc1)NCc1ccccn1. The molecule has 0 aliphatic rings. The minimum Gasteiger partial charge on any atom is -0.377 e. The van der Waals surface area contributed by atoms with Crippen LogP contribution in [0.15, 0.2) is 53.7 Å². The highest BCUT2D eigenvalue weighted by atomic mass is 16.5. The Morgan fingerprint density at radius 1 is 1.04 bits per heavy atom. The Morgan fingerprint density at radius 3 is 2.50 bits per heavy atom. The maximum Gasteiger partial charge on any atom is 0.191 e. The summed E-state index contributed by atoms with van der Waals surface area (Å²) in [5.74, 6) is 0.793. The Balaban J connectivity index is 1.90. The maximum absolute atomic E-state index is 5.41. The molecule has 1 aromatic heterocycles. The van der Waals surface area contributed by atoms with Gasteiger partial charge in [0, 0.05) is 19.3 Å². The van der Waals surface area contributed by atoms with Gasteiger partial charge in [0.05, 0.1) is 25.4 Å². The topological polar surface area (TPSA) is 58.5 Å². The molecule has 0 atom stereocenters. The number of pyridine rings is 1. The molecule has 0 bridgehead atoms. The predicted octanol–water partition coefficient (Wildman–Crippen LogP) is 2.87. The van der Waals surface area contributed by atoms with Gasteiger partial charge < -0.3 is 15.4 Å². The summed E-state index contributed by atoms with van der Waals surface area (Å²) < 4.78 is 5.41. The van der Waals surface area contributed by atoms with E-state index in [1.54, 1.807) is 6.20 Å². The van der Waals surface area contributed by atoms with E-state index >= 15 is 0 Å². The summed E-state index contributed by atoms with van der Waals surface area (Å²) in [5.41, 5.74) is 3.35.